The maximum absolute atomic E-state index is 10.8. The summed E-state index contributed by atoms with van der Waals surface area (Å²) in [6, 6.07) is 2.87. The van der Waals surface area contributed by atoms with Gasteiger partial charge in [0, 0.05) is 11.6 Å². The van der Waals surface area contributed by atoms with Crippen LogP contribution in [-0.2, 0) is 0 Å². The third-order valence-corrected chi connectivity index (χ3v) is 2.67. The van der Waals surface area contributed by atoms with E-state index in [2.05, 4.69) is 15.0 Å². The Hall–Kier alpha value is -2.48. The van der Waals surface area contributed by atoms with Crippen molar-refractivity contribution in [3.63, 3.8) is 0 Å². The summed E-state index contributed by atoms with van der Waals surface area (Å²) in [7, 11) is 0. The minimum Gasteiger partial charge on any atom is -0.424 e. The van der Waals surface area contributed by atoms with E-state index in [1.54, 1.807) is 13.8 Å². The largest absolute Gasteiger partial charge is 0.424 e. The van der Waals surface area contributed by atoms with Crippen LogP contribution in [0, 0.1) is 24.0 Å². The number of nitro groups is 1. The number of nitrogens with zero attached hydrogens (tertiary/aromatic N) is 4. The number of hydrogen-bond acceptors (Lipinski definition) is 7. The first kappa shape index (κ1) is 13.9. The molecule has 20 heavy (non-hydrogen) atoms. The minimum atomic E-state index is -0.454. The van der Waals surface area contributed by atoms with Crippen LogP contribution in [0.2, 0.25) is 5.28 Å². The summed E-state index contributed by atoms with van der Waals surface area (Å²) in [6.45, 7) is 3.28. The number of ether oxygens (including phenoxy) is 1. The smallest absolute Gasteiger partial charge is 0.328 e. The summed E-state index contributed by atoms with van der Waals surface area (Å²) in [5.41, 5.74) is 6.47. The van der Waals surface area contributed by atoms with Crippen molar-refractivity contribution in [3.05, 3.63) is 38.7 Å². The molecule has 1 aromatic heterocycles. The predicted octanol–water partition coefficient (Wildman–Crippen LogP) is 2.42. The van der Waals surface area contributed by atoms with Gasteiger partial charge in [-0.15, -0.1) is 0 Å². The fourth-order valence-corrected chi connectivity index (χ4v) is 1.73. The van der Waals surface area contributed by atoms with Crippen LogP contribution in [-0.4, -0.2) is 19.9 Å². The molecule has 0 saturated heterocycles. The summed E-state index contributed by atoms with van der Waals surface area (Å²) < 4.78 is 5.44. The highest BCUT2D eigenvalue weighted by Crippen LogP contribution is 2.30. The van der Waals surface area contributed by atoms with E-state index in [1.165, 1.54) is 12.1 Å². The highest BCUT2D eigenvalue weighted by Gasteiger charge is 2.15. The molecule has 0 aliphatic carbocycles. The van der Waals surface area contributed by atoms with E-state index in [9.17, 15) is 10.1 Å². The molecular formula is C11H10ClN5O3. The quantitative estimate of drug-likeness (QED) is 0.682. The molecule has 0 bridgehead atoms. The Bertz CT molecular complexity index is 672. The van der Waals surface area contributed by atoms with Crippen LogP contribution in [0.5, 0.6) is 11.8 Å². The second kappa shape index (κ2) is 5.25. The zero-order chi connectivity index (χ0) is 14.9. The predicted molar refractivity (Wildman–Crippen MR) is 71.9 cm³/mol. The van der Waals surface area contributed by atoms with Gasteiger partial charge >= 0.3 is 6.01 Å². The van der Waals surface area contributed by atoms with E-state index in [0.717, 1.165) is 0 Å². The molecule has 0 amide bonds. The average molecular weight is 296 g/mol. The van der Waals surface area contributed by atoms with E-state index >= 15 is 0 Å². The van der Waals surface area contributed by atoms with E-state index < -0.39 is 4.92 Å². The fraction of sp³-hybridized carbons (Fsp3) is 0.182. The number of benzene rings is 1. The Labute approximate surface area is 118 Å². The summed E-state index contributed by atoms with van der Waals surface area (Å²) in [6.07, 6.45) is 0. The van der Waals surface area contributed by atoms with Crippen molar-refractivity contribution in [2.75, 3.05) is 5.73 Å². The van der Waals surface area contributed by atoms with Gasteiger partial charge in [0.2, 0.25) is 11.2 Å². The number of hydrogen-bond donors (Lipinski definition) is 1. The molecule has 0 unspecified atom stereocenters. The van der Waals surface area contributed by atoms with E-state index in [4.69, 9.17) is 22.1 Å². The Kier molecular flexibility index (Phi) is 3.66. The Morgan fingerprint density at radius 2 is 1.95 bits per heavy atom. The van der Waals surface area contributed by atoms with Crippen molar-refractivity contribution >= 4 is 23.2 Å². The van der Waals surface area contributed by atoms with Gasteiger partial charge in [-0.25, -0.2) is 0 Å². The second-order valence-electron chi connectivity index (χ2n) is 4.01. The first-order valence-corrected chi connectivity index (χ1v) is 5.85. The first-order valence-electron chi connectivity index (χ1n) is 5.47. The molecule has 2 rings (SSSR count). The van der Waals surface area contributed by atoms with Crippen molar-refractivity contribution in [2.24, 2.45) is 0 Å². The second-order valence-corrected chi connectivity index (χ2v) is 4.35. The maximum atomic E-state index is 10.8. The van der Waals surface area contributed by atoms with Crippen LogP contribution in [0.25, 0.3) is 0 Å². The van der Waals surface area contributed by atoms with Crippen molar-refractivity contribution < 1.29 is 9.66 Å². The highest BCUT2D eigenvalue weighted by atomic mass is 35.5. The number of aryl methyl sites for hydroxylation is 2. The van der Waals surface area contributed by atoms with Crippen LogP contribution in [0.15, 0.2) is 12.1 Å². The lowest BCUT2D eigenvalue weighted by atomic mass is 10.1. The van der Waals surface area contributed by atoms with Gasteiger partial charge in [-0.05, 0) is 37.1 Å². The molecule has 0 spiro atoms. The molecule has 2 N–H and O–H groups in total. The molecule has 1 heterocycles. The van der Waals surface area contributed by atoms with Crippen LogP contribution in [0.1, 0.15) is 11.1 Å². The lowest BCUT2D eigenvalue weighted by molar-refractivity contribution is -0.385. The molecule has 0 saturated carbocycles. The van der Waals surface area contributed by atoms with Crippen LogP contribution < -0.4 is 10.5 Å². The molecule has 1 aromatic carbocycles. The Balaban J connectivity index is 2.39. The van der Waals surface area contributed by atoms with Crippen LogP contribution in [0.3, 0.4) is 0 Å². The Morgan fingerprint density at radius 3 is 2.55 bits per heavy atom. The van der Waals surface area contributed by atoms with Gasteiger partial charge in [0.25, 0.3) is 5.69 Å². The number of nitrogen functional groups attached to an aromatic ring is 1. The van der Waals surface area contributed by atoms with Crippen molar-refractivity contribution in [1.82, 2.24) is 15.0 Å². The number of halogens is 1. The normalized spacial score (nSPS) is 10.3. The molecule has 0 radical (unpaired) electrons. The maximum Gasteiger partial charge on any atom is 0.328 e. The lowest BCUT2D eigenvalue weighted by Crippen LogP contribution is -2.01. The molecule has 2 aromatic rings. The number of rotatable bonds is 3. The van der Waals surface area contributed by atoms with Crippen LogP contribution in [0.4, 0.5) is 11.6 Å². The number of aromatic nitrogens is 3. The monoisotopic (exact) mass is 295 g/mol. The summed E-state index contributed by atoms with van der Waals surface area (Å²) in [5.74, 6) is 0.311. The van der Waals surface area contributed by atoms with Gasteiger partial charge < -0.3 is 10.5 Å². The van der Waals surface area contributed by atoms with Gasteiger partial charge in [0.15, 0.2) is 0 Å². The molecule has 0 aliphatic rings. The third kappa shape index (κ3) is 2.91. The SMILES string of the molecule is Cc1cc([N+](=O)[O-])c(C)cc1Oc1nc(N)nc(Cl)n1. The number of anilines is 1. The highest BCUT2D eigenvalue weighted by molar-refractivity contribution is 6.28. The van der Waals surface area contributed by atoms with Gasteiger partial charge in [0.05, 0.1) is 4.92 Å². The lowest BCUT2D eigenvalue weighted by Gasteiger charge is -2.08. The Morgan fingerprint density at radius 1 is 1.25 bits per heavy atom. The molecule has 9 heteroatoms. The summed E-state index contributed by atoms with van der Waals surface area (Å²) in [4.78, 5) is 21.5. The average Bonchev–Trinajstić information content (AvgIpc) is 2.31. The third-order valence-electron chi connectivity index (χ3n) is 2.50. The fourth-order valence-electron chi connectivity index (χ4n) is 1.57. The first-order chi connectivity index (χ1) is 9.36. The van der Waals surface area contributed by atoms with E-state index in [1.807, 2.05) is 0 Å². The van der Waals surface area contributed by atoms with Gasteiger partial charge in [-0.3, -0.25) is 10.1 Å². The topological polar surface area (TPSA) is 117 Å². The minimum absolute atomic E-state index is 0.0167. The molecule has 104 valence electrons. The standard InChI is InChI=1S/C11H10ClN5O3/c1-5-4-8(6(2)3-7(5)17(18)19)20-11-15-9(12)14-10(13)16-11/h3-4H,1-2H3,(H2,13,14,15,16). The summed E-state index contributed by atoms with van der Waals surface area (Å²) >= 11 is 5.64. The van der Waals surface area contributed by atoms with Crippen molar-refractivity contribution in [2.45, 2.75) is 13.8 Å². The molecule has 0 atom stereocenters. The molecular weight excluding hydrogens is 286 g/mol. The zero-order valence-electron chi connectivity index (χ0n) is 10.6. The number of nitrogens with two attached hydrogens (primary N) is 1. The van der Waals surface area contributed by atoms with Gasteiger partial charge in [0.1, 0.15) is 5.75 Å². The van der Waals surface area contributed by atoms with Crippen LogP contribution >= 0.6 is 11.6 Å². The van der Waals surface area contributed by atoms with E-state index in [0.29, 0.717) is 16.9 Å². The van der Waals surface area contributed by atoms with E-state index in [-0.39, 0.29) is 22.9 Å². The molecule has 0 fully saturated rings. The number of nitro benzene ring substituents is 1. The molecule has 0 aliphatic heterocycles. The molecule has 8 nitrogen and oxygen atoms in total. The van der Waals surface area contributed by atoms with Crippen molar-refractivity contribution in [1.29, 1.82) is 0 Å². The van der Waals surface area contributed by atoms with Crippen molar-refractivity contribution in [3.8, 4) is 11.8 Å². The van der Waals surface area contributed by atoms with Gasteiger partial charge in [-0.2, -0.15) is 15.0 Å². The zero-order valence-corrected chi connectivity index (χ0v) is 11.4. The summed E-state index contributed by atoms with van der Waals surface area (Å²) in [5, 5.41) is 10.7. The van der Waals surface area contributed by atoms with Gasteiger partial charge in [-0.1, -0.05) is 0 Å².